The Bertz CT molecular complexity index is 858. The monoisotopic (exact) mass is 428 g/mol. The molecule has 5 nitrogen and oxygen atoms in total. The van der Waals surface area contributed by atoms with Gasteiger partial charge in [-0.2, -0.15) is 0 Å². The van der Waals surface area contributed by atoms with Gasteiger partial charge >= 0.3 is 5.97 Å². The molecule has 0 aliphatic rings. The van der Waals surface area contributed by atoms with Crippen LogP contribution in [0.3, 0.4) is 0 Å². The first kappa shape index (κ1) is 23.8. The predicted octanol–water partition coefficient (Wildman–Crippen LogP) is 4.41. The van der Waals surface area contributed by atoms with Crippen molar-refractivity contribution in [2.24, 2.45) is 0 Å². The van der Waals surface area contributed by atoms with Crippen LogP contribution >= 0.6 is 11.3 Å². The Hall–Kier alpha value is -2.46. The Balaban J connectivity index is 1.63. The summed E-state index contributed by atoms with van der Waals surface area (Å²) in [6, 6.07) is 9.41. The molecule has 0 atom stereocenters. The third-order valence-electron chi connectivity index (χ3n) is 4.22. The van der Waals surface area contributed by atoms with E-state index in [4.69, 9.17) is 14.2 Å². The van der Waals surface area contributed by atoms with Crippen LogP contribution in [0.5, 0.6) is 0 Å². The topological polar surface area (TPSA) is 61.8 Å². The van der Waals surface area contributed by atoms with Crippen molar-refractivity contribution in [1.82, 2.24) is 0 Å². The van der Waals surface area contributed by atoms with Crippen molar-refractivity contribution in [3.05, 3.63) is 57.3 Å². The molecule has 0 spiro atoms. The van der Waals surface area contributed by atoms with Crippen LogP contribution in [0.15, 0.2) is 35.7 Å². The molecule has 0 radical (unpaired) electrons. The van der Waals surface area contributed by atoms with Crippen LogP contribution in [0.1, 0.15) is 52.0 Å². The van der Waals surface area contributed by atoms with Gasteiger partial charge in [-0.15, -0.1) is 11.3 Å². The van der Waals surface area contributed by atoms with E-state index >= 15 is 0 Å². The van der Waals surface area contributed by atoms with Crippen molar-refractivity contribution in [1.29, 1.82) is 0 Å². The fourth-order valence-corrected chi connectivity index (χ4v) is 3.34. The average molecular weight is 429 g/mol. The Morgan fingerprint density at radius 1 is 0.967 bits per heavy atom. The second kappa shape index (κ2) is 13.7. The van der Waals surface area contributed by atoms with E-state index in [9.17, 15) is 9.59 Å². The molecule has 0 amide bonds. The molecule has 0 aliphatic carbocycles. The lowest BCUT2D eigenvalue weighted by atomic mass is 10.0. The highest BCUT2D eigenvalue weighted by Gasteiger charge is 2.07. The molecule has 0 saturated heterocycles. The molecule has 0 bridgehead atoms. The van der Waals surface area contributed by atoms with Crippen LogP contribution in [0.4, 0.5) is 0 Å². The number of methoxy groups -OCH3 is 1. The van der Waals surface area contributed by atoms with E-state index in [1.807, 2.05) is 31.2 Å². The summed E-state index contributed by atoms with van der Waals surface area (Å²) in [5.41, 5.74) is 2.76. The van der Waals surface area contributed by atoms with E-state index < -0.39 is 0 Å². The Labute approximate surface area is 182 Å². The highest BCUT2D eigenvalue weighted by atomic mass is 32.1. The van der Waals surface area contributed by atoms with Gasteiger partial charge < -0.3 is 14.2 Å². The zero-order valence-electron chi connectivity index (χ0n) is 17.6. The predicted molar refractivity (Wildman–Crippen MR) is 118 cm³/mol. The van der Waals surface area contributed by atoms with E-state index in [0.717, 1.165) is 10.4 Å². The number of carbonyl (C=O) groups excluding carboxylic acids is 2. The second-order valence-electron chi connectivity index (χ2n) is 6.77. The third kappa shape index (κ3) is 9.36. The fraction of sp³-hybridized carbons (Fsp3) is 0.417. The summed E-state index contributed by atoms with van der Waals surface area (Å²) in [6.45, 7) is 3.65. The maximum absolute atomic E-state index is 12.3. The molecule has 0 N–H and O–H groups in total. The van der Waals surface area contributed by atoms with Gasteiger partial charge in [0.2, 0.25) is 0 Å². The summed E-state index contributed by atoms with van der Waals surface area (Å²) >= 11 is 1.63. The fourth-order valence-electron chi connectivity index (χ4n) is 2.60. The van der Waals surface area contributed by atoms with E-state index in [-0.39, 0.29) is 18.4 Å². The maximum atomic E-state index is 12.3. The summed E-state index contributed by atoms with van der Waals surface area (Å²) < 4.78 is 15.2. The third-order valence-corrected chi connectivity index (χ3v) is 5.19. The molecule has 6 heteroatoms. The number of benzene rings is 1. The number of ether oxygens (including phenoxy) is 3. The Morgan fingerprint density at radius 3 is 2.40 bits per heavy atom. The van der Waals surface area contributed by atoms with Gasteiger partial charge in [0.25, 0.3) is 0 Å². The molecule has 2 rings (SSSR count). The van der Waals surface area contributed by atoms with E-state index in [0.29, 0.717) is 51.1 Å². The van der Waals surface area contributed by atoms with Crippen LogP contribution in [0.25, 0.3) is 0 Å². The highest BCUT2D eigenvalue weighted by Crippen LogP contribution is 2.13. The largest absolute Gasteiger partial charge is 0.463 e. The lowest BCUT2D eigenvalue weighted by Gasteiger charge is -2.06. The number of aryl methyl sites for hydroxylation is 1. The number of ketones is 1. The minimum absolute atomic E-state index is 0.0725. The SMILES string of the molecule is COCCOCCOC(=O)CCCCC(=O)c1ccc(C#Cc2cc(C)cs2)cc1. The van der Waals surface area contributed by atoms with Gasteiger partial charge in [-0.25, -0.2) is 0 Å². The number of esters is 1. The molecule has 0 saturated carbocycles. The molecule has 1 aromatic carbocycles. The number of unbranched alkanes of at least 4 members (excludes halogenated alkanes) is 1. The van der Waals surface area contributed by atoms with Gasteiger partial charge in [-0.1, -0.05) is 24.0 Å². The van der Waals surface area contributed by atoms with Crippen molar-refractivity contribution in [2.45, 2.75) is 32.6 Å². The normalized spacial score (nSPS) is 10.3. The summed E-state index contributed by atoms with van der Waals surface area (Å²) in [5, 5.41) is 2.07. The quantitative estimate of drug-likeness (QED) is 0.217. The molecule has 160 valence electrons. The molecular formula is C24H28O5S. The lowest BCUT2D eigenvalue weighted by Crippen LogP contribution is -2.12. The number of hydrogen-bond donors (Lipinski definition) is 0. The zero-order chi connectivity index (χ0) is 21.6. The molecule has 1 heterocycles. The number of Topliss-reactive ketones (excluding diaryl/α,β-unsaturated/α-hetero) is 1. The smallest absolute Gasteiger partial charge is 0.305 e. The van der Waals surface area contributed by atoms with Crippen molar-refractivity contribution in [3.63, 3.8) is 0 Å². The highest BCUT2D eigenvalue weighted by molar-refractivity contribution is 7.10. The summed E-state index contributed by atoms with van der Waals surface area (Å²) in [7, 11) is 1.60. The molecule has 30 heavy (non-hydrogen) atoms. The number of rotatable bonds is 12. The molecule has 0 fully saturated rings. The minimum Gasteiger partial charge on any atom is -0.463 e. The Kier molecular flexibility index (Phi) is 10.9. The van der Waals surface area contributed by atoms with Crippen molar-refractivity contribution in [3.8, 4) is 11.8 Å². The number of thiophene rings is 1. The van der Waals surface area contributed by atoms with Crippen LogP contribution < -0.4 is 0 Å². The molecule has 0 unspecified atom stereocenters. The number of hydrogen-bond acceptors (Lipinski definition) is 6. The van der Waals surface area contributed by atoms with Crippen LogP contribution in [-0.2, 0) is 19.0 Å². The first-order valence-corrected chi connectivity index (χ1v) is 10.9. The standard InChI is InChI=1S/C24H28O5S/c1-19-17-22(30-18-19)12-9-20-7-10-21(11-8-20)23(25)5-3-4-6-24(26)29-16-15-28-14-13-27-2/h7-8,10-11,17-18H,3-6,13-16H2,1-2H3. The molecule has 2 aromatic rings. The minimum atomic E-state index is -0.262. The van der Waals surface area contributed by atoms with E-state index in [1.165, 1.54) is 5.56 Å². The van der Waals surface area contributed by atoms with Crippen LogP contribution in [-0.4, -0.2) is 45.3 Å². The number of carbonyl (C=O) groups is 2. The molecule has 0 aliphatic heterocycles. The first-order chi connectivity index (χ1) is 14.6. The molecule has 1 aromatic heterocycles. The van der Waals surface area contributed by atoms with Crippen LogP contribution in [0.2, 0.25) is 0 Å². The van der Waals surface area contributed by atoms with E-state index in [2.05, 4.69) is 23.3 Å². The van der Waals surface area contributed by atoms with Gasteiger partial charge in [0, 0.05) is 31.1 Å². The van der Waals surface area contributed by atoms with Gasteiger partial charge in [0.15, 0.2) is 5.78 Å². The molecular weight excluding hydrogens is 400 g/mol. The van der Waals surface area contributed by atoms with Gasteiger partial charge in [-0.3, -0.25) is 9.59 Å². The second-order valence-corrected chi connectivity index (χ2v) is 7.68. The zero-order valence-corrected chi connectivity index (χ0v) is 18.4. The van der Waals surface area contributed by atoms with Crippen LogP contribution in [0, 0.1) is 18.8 Å². The Morgan fingerprint density at radius 2 is 1.70 bits per heavy atom. The lowest BCUT2D eigenvalue weighted by molar-refractivity contribution is -0.145. The maximum Gasteiger partial charge on any atom is 0.305 e. The van der Waals surface area contributed by atoms with Gasteiger partial charge in [0.1, 0.15) is 6.61 Å². The summed E-state index contributed by atoms with van der Waals surface area (Å²) in [4.78, 5) is 25.0. The van der Waals surface area contributed by atoms with Gasteiger partial charge in [-0.05, 0) is 48.9 Å². The van der Waals surface area contributed by atoms with Gasteiger partial charge in [0.05, 0.1) is 24.7 Å². The van der Waals surface area contributed by atoms with Crippen molar-refractivity contribution < 1.29 is 23.8 Å². The summed E-state index contributed by atoms with van der Waals surface area (Å²) in [6.07, 6.45) is 1.99. The van der Waals surface area contributed by atoms with Crippen molar-refractivity contribution >= 4 is 23.1 Å². The first-order valence-electron chi connectivity index (χ1n) is 10.0. The van der Waals surface area contributed by atoms with Crippen molar-refractivity contribution in [2.75, 3.05) is 33.5 Å². The average Bonchev–Trinajstić information content (AvgIpc) is 3.17. The summed E-state index contributed by atoms with van der Waals surface area (Å²) in [5.74, 6) is 6.07. The van der Waals surface area contributed by atoms with E-state index in [1.54, 1.807) is 18.4 Å².